The lowest BCUT2D eigenvalue weighted by Gasteiger charge is -2.25. The molecule has 0 saturated heterocycles. The lowest BCUT2D eigenvalue weighted by Crippen LogP contribution is -2.43. The van der Waals surface area contributed by atoms with Crippen LogP contribution in [0.4, 0.5) is 0 Å². The molecule has 0 saturated carbocycles. The third-order valence-electron chi connectivity index (χ3n) is 8.79. The Hall–Kier alpha value is -7.39. The van der Waals surface area contributed by atoms with Crippen LogP contribution in [0.3, 0.4) is 0 Å². The highest BCUT2D eigenvalue weighted by atomic mass is 35.5. The molecule has 1 aromatic carbocycles. The molecule has 470 valence electrons. The number of benzene rings is 1. The average molecular weight is 1310 g/mol. The molecule has 0 amide bonds. The monoisotopic (exact) mass is 1300 g/mol. The van der Waals surface area contributed by atoms with Crippen LogP contribution in [0.1, 0.15) is 117 Å². The van der Waals surface area contributed by atoms with Crippen molar-refractivity contribution in [2.45, 2.75) is 168 Å². The van der Waals surface area contributed by atoms with Gasteiger partial charge in [0, 0.05) is 79.9 Å². The van der Waals surface area contributed by atoms with Crippen LogP contribution >= 0.6 is 11.6 Å². The second-order valence-electron chi connectivity index (χ2n) is 19.6. The number of alkyl halides is 1. The van der Waals surface area contributed by atoms with E-state index >= 15 is 0 Å². The Morgan fingerprint density at radius 2 is 0.636 bits per heavy atom. The Kier molecular flexibility index (Phi) is 53.2. The van der Waals surface area contributed by atoms with Crippen molar-refractivity contribution in [2.75, 3.05) is 5.50 Å². The third-order valence-corrected chi connectivity index (χ3v) is 21.9. The van der Waals surface area contributed by atoms with Gasteiger partial charge in [-0.05, 0) is 43.2 Å². The van der Waals surface area contributed by atoms with Crippen molar-refractivity contribution in [3.63, 3.8) is 0 Å². The third kappa shape index (κ3) is 48.7. The Labute approximate surface area is 545 Å². The lowest BCUT2D eigenvalue weighted by atomic mass is 10.4. The summed E-state index contributed by atoms with van der Waals surface area (Å²) < 4.78 is 6.30. The molecular formula is C68H101ClN12OSi6. The van der Waals surface area contributed by atoms with Gasteiger partial charge in [0.05, 0.1) is 37.2 Å². The highest BCUT2D eigenvalue weighted by Gasteiger charge is 2.31. The van der Waals surface area contributed by atoms with Gasteiger partial charge in [-0.1, -0.05) is 207 Å². The number of nitrogens with zero attached hydrogens (tertiary/aromatic N) is 12. The summed E-state index contributed by atoms with van der Waals surface area (Å²) in [7, 11) is -9.58. The Morgan fingerprint density at radius 3 is 0.898 bits per heavy atom. The highest BCUT2D eigenvalue weighted by molar-refractivity contribution is 6.96. The quantitative estimate of drug-likeness (QED) is 0.0930. The van der Waals surface area contributed by atoms with E-state index in [9.17, 15) is 0 Å². The van der Waals surface area contributed by atoms with E-state index in [0.717, 1.165) is 17.1 Å². The van der Waals surface area contributed by atoms with Gasteiger partial charge in [0.15, 0.2) is 8.07 Å². The Balaban J connectivity index is -0.000000490. The second-order valence-corrected chi connectivity index (χ2v) is 43.5. The average Bonchev–Trinajstić information content (AvgIpc) is 3.71. The first-order chi connectivity index (χ1) is 42.1. The minimum absolute atomic E-state index is 0.653. The van der Waals surface area contributed by atoms with Crippen molar-refractivity contribution in [3.05, 3.63) is 176 Å². The van der Waals surface area contributed by atoms with E-state index in [2.05, 4.69) is 238 Å². The molecule has 88 heavy (non-hydrogen) atoms. The van der Waals surface area contributed by atoms with Crippen LogP contribution in [-0.4, -0.2) is 115 Å². The molecule has 0 spiro atoms. The molecule has 6 heterocycles. The first-order valence-corrected chi connectivity index (χ1v) is 49.0. The molecule has 0 aliphatic rings. The van der Waals surface area contributed by atoms with Crippen molar-refractivity contribution in [1.82, 2.24) is 59.8 Å². The zero-order valence-electron chi connectivity index (χ0n) is 57.7. The molecule has 20 heteroatoms. The molecule has 0 fully saturated rings. The largest absolute Gasteiger partial charge is 0.438 e. The summed E-state index contributed by atoms with van der Waals surface area (Å²) in [6.07, 6.45) is 29.8. The molecule has 0 aliphatic heterocycles. The van der Waals surface area contributed by atoms with E-state index in [0.29, 0.717) is 22.6 Å². The number of halogens is 1. The molecule has 13 nitrogen and oxygen atoms in total. The number of aromatic nitrogens is 12. The van der Waals surface area contributed by atoms with Crippen molar-refractivity contribution in [3.8, 4) is 68.8 Å². The van der Waals surface area contributed by atoms with Gasteiger partial charge in [0.25, 0.3) is 16.6 Å². The zero-order chi connectivity index (χ0) is 67.8. The van der Waals surface area contributed by atoms with Gasteiger partial charge in [-0.2, -0.15) is 0 Å². The van der Waals surface area contributed by atoms with Crippen LogP contribution < -0.4 is 5.19 Å². The fraction of sp³-hybridized carbons (Fsp3) is 0.382. The molecule has 0 atom stereocenters. The van der Waals surface area contributed by atoms with Gasteiger partial charge in [-0.15, -0.1) is 33.8 Å². The zero-order valence-corrected chi connectivity index (χ0v) is 64.6. The van der Waals surface area contributed by atoms with Crippen molar-refractivity contribution < 1.29 is 4.12 Å². The van der Waals surface area contributed by atoms with Gasteiger partial charge >= 0.3 is 0 Å². The van der Waals surface area contributed by atoms with E-state index < -0.39 is 49.7 Å². The minimum Gasteiger partial charge on any atom is -0.438 e. The van der Waals surface area contributed by atoms with E-state index in [1.165, 1.54) is 5.19 Å². The maximum atomic E-state index is 6.30. The molecule has 6 aromatic heterocycles. The smallest absolute Gasteiger partial charge is 0.256 e. The summed E-state index contributed by atoms with van der Waals surface area (Å²) in [4.78, 5) is 48.4. The van der Waals surface area contributed by atoms with Crippen LogP contribution in [0.5, 0.6) is 0 Å². The molecule has 0 N–H and O–H groups in total. The molecule has 7 rings (SSSR count). The molecular weight excluding hydrogens is 1200 g/mol. The number of rotatable bonds is 4. The van der Waals surface area contributed by atoms with Gasteiger partial charge in [-0.25, -0.2) is 29.9 Å². The van der Waals surface area contributed by atoms with E-state index in [4.69, 9.17) is 15.7 Å². The van der Waals surface area contributed by atoms with Gasteiger partial charge in [-0.3, -0.25) is 29.9 Å². The molecule has 0 bridgehead atoms. The summed E-state index contributed by atoms with van der Waals surface area (Å²) in [5.41, 5.74) is 24.3. The molecule has 7 aromatic rings. The van der Waals surface area contributed by atoms with Crippen LogP contribution in [0.2, 0.25) is 85.1 Å². The summed E-state index contributed by atoms with van der Waals surface area (Å²) in [5.74, 6) is 18.2. The fourth-order valence-corrected chi connectivity index (χ4v) is 14.8. The topological polar surface area (TPSA) is 164 Å². The van der Waals surface area contributed by atoms with Gasteiger partial charge in [0.1, 0.15) is 59.1 Å². The lowest BCUT2D eigenvalue weighted by molar-refractivity contribution is 0.576. The Bertz CT molecular complexity index is 3140. The van der Waals surface area contributed by atoms with Gasteiger partial charge < -0.3 is 4.12 Å². The van der Waals surface area contributed by atoms with Crippen LogP contribution in [0.25, 0.3) is 0 Å². The number of hydrogen-bond donors (Lipinski definition) is 0. The van der Waals surface area contributed by atoms with Crippen LogP contribution in [0.15, 0.2) is 142 Å². The van der Waals surface area contributed by atoms with Crippen molar-refractivity contribution in [1.29, 1.82) is 0 Å². The highest BCUT2D eigenvalue weighted by Crippen LogP contribution is 2.13. The second kappa shape index (κ2) is 53.8. The standard InChI is InChI=1S/C16H18N4OSi2.C14H14N2Si.C9H11ClN2Si.C9H12N2Si.C8H10N2Si.6C2H6/c1-22(2,11-5-15-13-17-7-9-19-15)21-23(3,4)12-6-16-14-18-8-10-20-16;1-17(2,14-6-4-3-5-7-14)11-8-13-12-15-9-10-16-13;1-13(2,8-10)6-3-9-7-11-4-5-12-9;1-12(2,3)7-4-9-8-10-5-6-11-9;1-11(2)6-3-8-7-9-4-5-10-8;6*1-2/h7-10,13-14H,1-4H3;3-7,9-10,12H,1-2H3;4-5,7H,8H2,1-2H3;5-6,8H,1-3H3;4-5,7,11H,1-2H3;6*1-2H3. The first kappa shape index (κ1) is 87.0. The summed E-state index contributed by atoms with van der Waals surface area (Å²) in [5, 5.41) is 1.34. The van der Waals surface area contributed by atoms with Crippen LogP contribution in [-0.2, 0) is 4.12 Å². The summed E-state index contributed by atoms with van der Waals surface area (Å²) in [6, 6.07) is 10.5. The predicted octanol–water partition coefficient (Wildman–Crippen LogP) is 14.7. The fourth-order valence-electron chi connectivity index (χ4n) is 5.18. The van der Waals surface area contributed by atoms with E-state index in [1.807, 2.05) is 89.2 Å². The Morgan fingerprint density at radius 1 is 0.364 bits per heavy atom. The van der Waals surface area contributed by atoms with Crippen molar-refractivity contribution >= 4 is 66.4 Å². The molecule has 0 aliphatic carbocycles. The maximum absolute atomic E-state index is 6.30. The first-order valence-electron chi connectivity index (χ1n) is 30.1. The SMILES string of the molecule is CC.CC.CC.CC.CC.CC.C[SiH](C)C#Cc1cnccn1.C[Si](C)(C#Cc1cnccn1)CCl.C[Si](C)(C#Cc1cnccn1)O[Si](C)(C)C#Cc1cnccn1.C[Si](C)(C#Cc1cnccn1)c1ccccc1.C[Si](C)(C)C#Cc1cnccn1. The van der Waals surface area contributed by atoms with Crippen molar-refractivity contribution in [2.24, 2.45) is 0 Å². The predicted molar refractivity (Wildman–Crippen MR) is 392 cm³/mol. The van der Waals surface area contributed by atoms with E-state index in [-0.39, 0.29) is 0 Å². The molecule has 0 unspecified atom stereocenters. The van der Waals surface area contributed by atoms with Gasteiger partial charge in [0.2, 0.25) is 0 Å². The number of hydrogen-bond acceptors (Lipinski definition) is 13. The molecule has 0 radical (unpaired) electrons. The van der Waals surface area contributed by atoms with E-state index in [1.54, 1.807) is 112 Å². The minimum atomic E-state index is -2.17. The summed E-state index contributed by atoms with van der Waals surface area (Å²) in [6.45, 7) is 52.0. The maximum Gasteiger partial charge on any atom is 0.256 e. The summed E-state index contributed by atoms with van der Waals surface area (Å²) >= 11 is 5.78. The normalized spacial score (nSPS) is 9.35. The van der Waals surface area contributed by atoms with Crippen LogP contribution in [0, 0.1) is 68.8 Å².